The first-order valence-corrected chi connectivity index (χ1v) is 31.5. The largest absolute Gasteiger partial charge is 0.481 e. The molecule has 96 heavy (non-hydrogen) atoms. The first kappa shape index (κ1) is 82.3. The number of unbranched alkanes of at least 4 members (excludes halogenated alkanes) is 2. The van der Waals surface area contributed by atoms with E-state index in [0.717, 1.165) is 0 Å². The van der Waals surface area contributed by atoms with Gasteiger partial charge in [0.25, 0.3) is 0 Å². The zero-order valence-electron chi connectivity index (χ0n) is 54.0. The van der Waals surface area contributed by atoms with Gasteiger partial charge >= 0.3 is 23.9 Å². The van der Waals surface area contributed by atoms with E-state index in [0.29, 0.717) is 25.0 Å². The Kier molecular flexibility index (Phi) is 37.7. The third-order valence-electron chi connectivity index (χ3n) is 14.8. The zero-order chi connectivity index (χ0) is 72.0. The second kappa shape index (κ2) is 44.0. The Labute approximate surface area is 553 Å². The summed E-state index contributed by atoms with van der Waals surface area (Å²) in [4.78, 5) is 203. The van der Waals surface area contributed by atoms with Crippen LogP contribution in [0.3, 0.4) is 0 Å². The van der Waals surface area contributed by atoms with Gasteiger partial charge in [0.05, 0.1) is 19.3 Å². The Morgan fingerprint density at radius 3 is 1.40 bits per heavy atom. The van der Waals surface area contributed by atoms with Gasteiger partial charge in [-0.25, -0.2) is 9.78 Å². The Balaban J connectivity index is 2.51. The molecule has 0 spiro atoms. The summed E-state index contributed by atoms with van der Waals surface area (Å²) < 4.78 is 0. The highest BCUT2D eigenvalue weighted by Crippen LogP contribution is 2.21. The van der Waals surface area contributed by atoms with Gasteiger partial charge in [-0.15, -0.1) is 0 Å². The summed E-state index contributed by atoms with van der Waals surface area (Å²) >= 11 is 0. The fraction of sp³-hybridized carbons (Fsp3) is 0.667. The van der Waals surface area contributed by atoms with Crippen molar-refractivity contribution in [2.45, 2.75) is 196 Å². The van der Waals surface area contributed by atoms with Gasteiger partial charge < -0.3 is 118 Å². The Morgan fingerprint density at radius 1 is 0.531 bits per heavy atom. The highest BCUT2D eigenvalue weighted by atomic mass is 16.4. The number of amides is 10. The molecule has 0 bridgehead atoms. The Bertz CT molecular complexity index is 2840. The van der Waals surface area contributed by atoms with Crippen molar-refractivity contribution in [3.63, 3.8) is 0 Å². The van der Waals surface area contributed by atoms with Gasteiger partial charge in [-0.05, 0) is 115 Å². The molecule has 2 heterocycles. The van der Waals surface area contributed by atoms with Crippen molar-refractivity contribution < 1.29 is 87.5 Å². The molecule has 28 N–H and O–H groups in total. The van der Waals surface area contributed by atoms with Crippen LogP contribution in [0.15, 0.2) is 22.5 Å². The number of carboxylic acid groups (broad SMARTS) is 4. The fourth-order valence-electron chi connectivity index (χ4n) is 9.96. The number of aliphatic imine (C=N–C) groups is 2. The number of hydrogen-bond donors (Lipinski definition) is 21. The van der Waals surface area contributed by atoms with Gasteiger partial charge in [0.1, 0.15) is 60.4 Å². The molecule has 0 saturated carbocycles. The van der Waals surface area contributed by atoms with Crippen LogP contribution in [0.4, 0.5) is 0 Å². The van der Waals surface area contributed by atoms with Crippen LogP contribution in [-0.2, 0) is 73.5 Å². The fourth-order valence-corrected chi connectivity index (χ4v) is 9.96. The topological polar surface area (TPSA) is 667 Å². The number of imidazole rings is 1. The maximum atomic E-state index is 14.5. The summed E-state index contributed by atoms with van der Waals surface area (Å²) in [6.07, 6.45) is -0.147. The van der Waals surface area contributed by atoms with Crippen molar-refractivity contribution in [2.24, 2.45) is 56.0 Å². The van der Waals surface area contributed by atoms with Gasteiger partial charge in [-0.3, -0.25) is 72.3 Å². The molecule has 10 amide bonds. The van der Waals surface area contributed by atoms with E-state index < -0.39 is 182 Å². The van der Waals surface area contributed by atoms with Gasteiger partial charge in [0, 0.05) is 50.8 Å². The van der Waals surface area contributed by atoms with Crippen molar-refractivity contribution in [2.75, 3.05) is 39.3 Å². The number of hydrogen-bond acceptors (Lipinski definition) is 20. The van der Waals surface area contributed by atoms with E-state index in [-0.39, 0.29) is 121 Å². The number of carbonyl (C=O) groups is 14. The smallest absolute Gasteiger partial charge is 0.326 e. The minimum atomic E-state index is -1.92. The van der Waals surface area contributed by atoms with E-state index in [9.17, 15) is 82.4 Å². The van der Waals surface area contributed by atoms with Crippen LogP contribution in [0.1, 0.15) is 135 Å². The van der Waals surface area contributed by atoms with Crippen LogP contribution in [0.2, 0.25) is 0 Å². The molecule has 0 aromatic carbocycles. The molecule has 538 valence electrons. The van der Waals surface area contributed by atoms with Gasteiger partial charge in [-0.1, -0.05) is 13.8 Å². The quantitative estimate of drug-likeness (QED) is 0.0164. The first-order valence-electron chi connectivity index (χ1n) is 31.5. The number of nitrogens with one attached hydrogen (secondary N) is 10. The highest BCUT2D eigenvalue weighted by Gasteiger charge is 2.41. The second-order valence-corrected chi connectivity index (χ2v) is 23.2. The molecular formula is C57H97N21O18. The molecule has 1 aromatic heterocycles. The third-order valence-corrected chi connectivity index (χ3v) is 14.8. The van der Waals surface area contributed by atoms with Crippen molar-refractivity contribution in [1.29, 1.82) is 0 Å². The maximum Gasteiger partial charge on any atom is 0.326 e. The molecule has 39 nitrogen and oxygen atoms in total. The molecule has 1 saturated heterocycles. The predicted molar refractivity (Wildman–Crippen MR) is 342 cm³/mol. The normalized spacial score (nSPS) is 15.4. The SMILES string of the molecule is CC(C)C[C@H](NC(=O)[C@@H]1CCCN1C(=O)[C@H](CCCN=C(N)N)NC(=O)[C@H](Cc1cnc[nH]1)NC(=O)CN)C(=O)N[C@@H](CC(=O)O)C(=O)N[C@@H](CCCCN)C(=O)N[C@@H](CCCCN)C(=O)N[C@@H](CCCN=C(N)N)C(=O)N[C@@H](CCC(=O)O)C(=O)N[C@@H](CCC(=O)O)C(=O)O. The van der Waals surface area contributed by atoms with E-state index in [1.807, 2.05) is 0 Å². The second-order valence-electron chi connectivity index (χ2n) is 23.2. The van der Waals surface area contributed by atoms with Crippen molar-refractivity contribution in [3.8, 4) is 0 Å². The number of guanidine groups is 2. The predicted octanol–water partition coefficient (Wildman–Crippen LogP) is -7.03. The number of nitrogens with zero attached hydrogens (tertiary/aromatic N) is 4. The van der Waals surface area contributed by atoms with Crippen LogP contribution in [-0.4, -0.2) is 230 Å². The molecule has 2 rings (SSSR count). The lowest BCUT2D eigenvalue weighted by Crippen LogP contribution is -2.60. The number of carboxylic acids is 4. The summed E-state index contributed by atoms with van der Waals surface area (Å²) in [5.74, 6) is -16.4. The standard InChI is InChI=1S/C57H97N21O18/c1-30(2)24-38(77-53(93)41-14-9-23-78(41)54(94)36(13-8-22-67-57(63)64)74-51(91)39(69-42(79)27-60)25-31-28-65-29-68-31)50(90)76-40(26-45(84)85)52(92)72-33(11-4-6-20-59)47(87)70-32(10-3-5-19-58)46(86)71-34(12-7-21-66-56(61)62)48(88)73-35(15-17-43(80)81)49(89)75-37(55(95)96)16-18-44(82)83/h28-30,32-41H,3-27,58-60H2,1-2H3,(H,65,68)(H,69,79)(H,70,87)(H,71,86)(H,72,92)(H,73,88)(H,74,91)(H,75,89)(H,76,90)(H,77,93)(H,80,81)(H,82,83)(H,84,85)(H,95,96)(H4,61,62,66)(H4,63,64,67)/t32-,33-,34-,35-,36-,37-,38-,39-,40-,41-/m0/s1. The highest BCUT2D eigenvalue weighted by molar-refractivity contribution is 6.00. The molecule has 0 unspecified atom stereocenters. The molecule has 1 fully saturated rings. The van der Waals surface area contributed by atoms with E-state index >= 15 is 0 Å². The number of aliphatic carboxylic acids is 4. The lowest BCUT2D eigenvalue weighted by molar-refractivity contribution is -0.144. The number of aromatic amines is 1. The van der Waals surface area contributed by atoms with Crippen LogP contribution in [0.5, 0.6) is 0 Å². The van der Waals surface area contributed by atoms with Gasteiger partial charge in [0.15, 0.2) is 11.9 Å². The minimum Gasteiger partial charge on any atom is -0.481 e. The van der Waals surface area contributed by atoms with Crippen molar-refractivity contribution >= 4 is 94.9 Å². The van der Waals surface area contributed by atoms with Gasteiger partial charge in [-0.2, -0.15) is 0 Å². The van der Waals surface area contributed by atoms with Crippen LogP contribution < -0.4 is 88.0 Å². The summed E-state index contributed by atoms with van der Waals surface area (Å²) in [5.41, 5.74) is 39.5. The molecule has 0 radical (unpaired) electrons. The average Bonchev–Trinajstić information content (AvgIpc) is 1.60. The number of rotatable bonds is 48. The average molecular weight is 1360 g/mol. The summed E-state index contributed by atoms with van der Waals surface area (Å²) in [6.45, 7) is 3.19. The number of carbonyl (C=O) groups excluding carboxylic acids is 10. The molecule has 1 aliphatic rings. The summed E-state index contributed by atoms with van der Waals surface area (Å²) in [5, 5.41) is 60.5. The number of likely N-dealkylation sites (tertiary alicyclic amines) is 1. The minimum absolute atomic E-state index is 0.0137. The lowest BCUT2D eigenvalue weighted by atomic mass is 10.0. The molecular weight excluding hydrogens is 1270 g/mol. The molecule has 0 aliphatic carbocycles. The first-order chi connectivity index (χ1) is 45.4. The Morgan fingerprint density at radius 2 is 0.958 bits per heavy atom. The molecule has 10 atom stereocenters. The third kappa shape index (κ3) is 31.9. The van der Waals surface area contributed by atoms with Crippen molar-refractivity contribution in [3.05, 3.63) is 18.2 Å². The molecule has 1 aliphatic heterocycles. The van der Waals surface area contributed by atoms with E-state index in [4.69, 9.17) is 45.2 Å². The lowest BCUT2D eigenvalue weighted by Gasteiger charge is -2.31. The number of nitrogens with two attached hydrogens (primary N) is 7. The number of aromatic nitrogens is 2. The molecule has 39 heteroatoms. The van der Waals surface area contributed by atoms with Crippen LogP contribution in [0, 0.1) is 5.92 Å². The van der Waals surface area contributed by atoms with E-state index in [1.165, 1.54) is 17.4 Å². The van der Waals surface area contributed by atoms with Crippen LogP contribution in [0.25, 0.3) is 0 Å². The van der Waals surface area contributed by atoms with Crippen molar-refractivity contribution in [1.82, 2.24) is 62.7 Å². The zero-order valence-corrected chi connectivity index (χ0v) is 54.0. The van der Waals surface area contributed by atoms with E-state index in [2.05, 4.69) is 67.8 Å². The summed E-state index contributed by atoms with van der Waals surface area (Å²) in [7, 11) is 0. The maximum absolute atomic E-state index is 14.5. The van der Waals surface area contributed by atoms with Crippen LogP contribution >= 0.6 is 0 Å². The Hall–Kier alpha value is -9.79. The summed E-state index contributed by atoms with van der Waals surface area (Å²) in [6, 6.07) is -15.4. The van der Waals surface area contributed by atoms with E-state index in [1.54, 1.807) is 13.8 Å². The van der Waals surface area contributed by atoms with Gasteiger partial charge in [0.2, 0.25) is 59.1 Å². The monoisotopic (exact) mass is 1360 g/mol. The number of H-pyrrole nitrogens is 1. The molecule has 1 aromatic rings.